The summed E-state index contributed by atoms with van der Waals surface area (Å²) in [5.41, 5.74) is -1.32. The van der Waals surface area contributed by atoms with Crippen LogP contribution in [-0.2, 0) is 6.42 Å². The van der Waals surface area contributed by atoms with E-state index in [1.165, 1.54) is 0 Å². The van der Waals surface area contributed by atoms with Gasteiger partial charge in [0.15, 0.2) is 0 Å². The number of hydrogen-bond donors (Lipinski definition) is 2. The standard InChI is InChI=1S/C10H11F2NO4/c11-8-1-2-9(13(16)17)10(12)7(8)3-6(4-14)5-15/h1-2,6,14-15H,3-5H2. The highest BCUT2D eigenvalue weighted by atomic mass is 19.1. The zero-order valence-electron chi connectivity index (χ0n) is 8.77. The van der Waals surface area contributed by atoms with E-state index < -0.39 is 46.9 Å². The van der Waals surface area contributed by atoms with Crippen LogP contribution in [0.3, 0.4) is 0 Å². The summed E-state index contributed by atoms with van der Waals surface area (Å²) in [7, 11) is 0. The smallest absolute Gasteiger partial charge is 0.305 e. The molecule has 1 rings (SSSR count). The van der Waals surface area contributed by atoms with E-state index in [0.29, 0.717) is 0 Å². The minimum absolute atomic E-state index is 0.299. The molecule has 0 spiro atoms. The average molecular weight is 247 g/mol. The molecular weight excluding hydrogens is 236 g/mol. The van der Waals surface area contributed by atoms with E-state index in [1.807, 2.05) is 0 Å². The molecule has 1 aromatic rings. The molecule has 0 bridgehead atoms. The second kappa shape index (κ2) is 5.65. The van der Waals surface area contributed by atoms with Gasteiger partial charge in [-0.05, 0) is 12.5 Å². The fourth-order valence-corrected chi connectivity index (χ4v) is 1.39. The lowest BCUT2D eigenvalue weighted by molar-refractivity contribution is -0.387. The molecule has 0 aliphatic carbocycles. The van der Waals surface area contributed by atoms with Crippen LogP contribution in [0.15, 0.2) is 12.1 Å². The number of benzene rings is 1. The molecule has 7 heteroatoms. The van der Waals surface area contributed by atoms with Crippen LogP contribution in [0.25, 0.3) is 0 Å². The zero-order valence-corrected chi connectivity index (χ0v) is 8.77. The number of halogens is 2. The van der Waals surface area contributed by atoms with E-state index in [4.69, 9.17) is 10.2 Å². The van der Waals surface area contributed by atoms with Gasteiger partial charge in [-0.25, -0.2) is 4.39 Å². The summed E-state index contributed by atoms with van der Waals surface area (Å²) < 4.78 is 26.9. The first-order chi connectivity index (χ1) is 8.01. The van der Waals surface area contributed by atoms with Crippen molar-refractivity contribution in [1.82, 2.24) is 0 Å². The highest BCUT2D eigenvalue weighted by Crippen LogP contribution is 2.25. The Bertz CT molecular complexity index is 421. The second-order valence-electron chi connectivity index (χ2n) is 3.55. The van der Waals surface area contributed by atoms with Gasteiger partial charge < -0.3 is 10.2 Å². The van der Waals surface area contributed by atoms with Gasteiger partial charge in [0.05, 0.1) is 4.92 Å². The summed E-state index contributed by atoms with van der Waals surface area (Å²) >= 11 is 0. The Morgan fingerprint density at radius 2 is 1.88 bits per heavy atom. The normalized spacial score (nSPS) is 10.9. The fourth-order valence-electron chi connectivity index (χ4n) is 1.39. The maximum absolute atomic E-state index is 13.6. The number of aliphatic hydroxyl groups is 2. The van der Waals surface area contributed by atoms with Crippen molar-refractivity contribution in [2.45, 2.75) is 6.42 Å². The molecule has 0 unspecified atom stereocenters. The summed E-state index contributed by atoms with van der Waals surface area (Å²) in [6.45, 7) is -0.920. The number of aliphatic hydroxyl groups excluding tert-OH is 2. The van der Waals surface area contributed by atoms with Crippen LogP contribution in [0, 0.1) is 27.7 Å². The summed E-state index contributed by atoms with van der Waals surface area (Å²) in [6, 6.07) is 1.53. The molecular formula is C10H11F2NO4. The molecule has 0 saturated carbocycles. The summed E-state index contributed by atoms with van der Waals surface area (Å²) in [5.74, 6) is -2.94. The van der Waals surface area contributed by atoms with Crippen molar-refractivity contribution in [1.29, 1.82) is 0 Å². The number of nitrogens with zero attached hydrogens (tertiary/aromatic N) is 1. The van der Waals surface area contributed by atoms with Crippen LogP contribution >= 0.6 is 0 Å². The van der Waals surface area contributed by atoms with Crippen molar-refractivity contribution in [3.8, 4) is 0 Å². The van der Waals surface area contributed by atoms with Gasteiger partial charge in [-0.15, -0.1) is 0 Å². The van der Waals surface area contributed by atoms with Crippen LogP contribution in [0.4, 0.5) is 14.5 Å². The Balaban J connectivity index is 3.13. The SMILES string of the molecule is O=[N+]([O-])c1ccc(F)c(CC(CO)CO)c1F. The summed E-state index contributed by atoms with van der Waals surface area (Å²) in [4.78, 5) is 9.50. The molecule has 0 aliphatic heterocycles. The van der Waals surface area contributed by atoms with Gasteiger partial charge in [-0.2, -0.15) is 4.39 Å². The van der Waals surface area contributed by atoms with Gasteiger partial charge in [0.25, 0.3) is 0 Å². The van der Waals surface area contributed by atoms with Gasteiger partial charge in [0.2, 0.25) is 5.82 Å². The van der Waals surface area contributed by atoms with E-state index in [1.54, 1.807) is 0 Å². The Morgan fingerprint density at radius 1 is 1.29 bits per heavy atom. The number of nitro groups is 1. The molecule has 1 aromatic carbocycles. The van der Waals surface area contributed by atoms with Crippen LogP contribution in [-0.4, -0.2) is 28.4 Å². The van der Waals surface area contributed by atoms with Crippen molar-refractivity contribution in [3.63, 3.8) is 0 Å². The van der Waals surface area contributed by atoms with E-state index in [9.17, 15) is 18.9 Å². The van der Waals surface area contributed by atoms with E-state index in [0.717, 1.165) is 12.1 Å². The first kappa shape index (κ1) is 13.5. The third-order valence-corrected chi connectivity index (χ3v) is 2.37. The third-order valence-electron chi connectivity index (χ3n) is 2.37. The summed E-state index contributed by atoms with van der Waals surface area (Å²) in [6.07, 6.45) is -0.299. The van der Waals surface area contributed by atoms with Gasteiger partial charge >= 0.3 is 5.69 Å². The highest BCUT2D eigenvalue weighted by molar-refractivity contribution is 5.38. The predicted octanol–water partition coefficient (Wildman–Crippen LogP) is 1.02. The Kier molecular flexibility index (Phi) is 4.47. The Labute approximate surface area is 95.5 Å². The zero-order chi connectivity index (χ0) is 13.0. The minimum atomic E-state index is -1.26. The molecule has 0 heterocycles. The van der Waals surface area contributed by atoms with Gasteiger partial charge in [-0.3, -0.25) is 10.1 Å². The van der Waals surface area contributed by atoms with Crippen molar-refractivity contribution in [3.05, 3.63) is 39.4 Å². The van der Waals surface area contributed by atoms with Crippen LogP contribution in [0.2, 0.25) is 0 Å². The maximum atomic E-state index is 13.6. The number of hydrogen-bond acceptors (Lipinski definition) is 4. The number of nitro benzene ring substituents is 1. The first-order valence-corrected chi connectivity index (χ1v) is 4.84. The minimum Gasteiger partial charge on any atom is -0.396 e. The lowest BCUT2D eigenvalue weighted by atomic mass is 9.99. The van der Waals surface area contributed by atoms with Gasteiger partial charge in [-0.1, -0.05) is 0 Å². The van der Waals surface area contributed by atoms with Crippen molar-refractivity contribution < 1.29 is 23.9 Å². The lowest BCUT2D eigenvalue weighted by Gasteiger charge is -2.11. The molecule has 17 heavy (non-hydrogen) atoms. The largest absolute Gasteiger partial charge is 0.396 e. The van der Waals surface area contributed by atoms with Crippen LogP contribution in [0.1, 0.15) is 5.56 Å². The van der Waals surface area contributed by atoms with E-state index >= 15 is 0 Å². The molecule has 0 saturated heterocycles. The molecule has 0 aliphatic rings. The topological polar surface area (TPSA) is 83.6 Å². The van der Waals surface area contributed by atoms with Crippen molar-refractivity contribution >= 4 is 5.69 Å². The van der Waals surface area contributed by atoms with E-state index in [-0.39, 0.29) is 6.42 Å². The van der Waals surface area contributed by atoms with Gasteiger partial charge in [0, 0.05) is 30.8 Å². The van der Waals surface area contributed by atoms with E-state index in [2.05, 4.69) is 0 Å². The monoisotopic (exact) mass is 247 g/mol. The maximum Gasteiger partial charge on any atom is 0.305 e. The van der Waals surface area contributed by atoms with Gasteiger partial charge in [0.1, 0.15) is 5.82 Å². The van der Waals surface area contributed by atoms with Crippen molar-refractivity contribution in [2.75, 3.05) is 13.2 Å². The molecule has 0 amide bonds. The quantitative estimate of drug-likeness (QED) is 0.601. The predicted molar refractivity (Wildman–Crippen MR) is 54.4 cm³/mol. The Hall–Kier alpha value is -1.60. The molecule has 0 aromatic heterocycles. The first-order valence-electron chi connectivity index (χ1n) is 4.84. The molecule has 0 atom stereocenters. The molecule has 5 nitrogen and oxygen atoms in total. The molecule has 0 fully saturated rings. The fraction of sp³-hybridized carbons (Fsp3) is 0.400. The highest BCUT2D eigenvalue weighted by Gasteiger charge is 2.23. The Morgan fingerprint density at radius 3 is 2.35 bits per heavy atom. The molecule has 2 N–H and O–H groups in total. The number of rotatable bonds is 5. The molecule has 0 radical (unpaired) electrons. The second-order valence-corrected chi connectivity index (χ2v) is 3.55. The van der Waals surface area contributed by atoms with Crippen LogP contribution < -0.4 is 0 Å². The lowest BCUT2D eigenvalue weighted by Crippen LogP contribution is -2.16. The third kappa shape index (κ3) is 2.95. The van der Waals surface area contributed by atoms with Crippen molar-refractivity contribution in [2.24, 2.45) is 5.92 Å². The van der Waals surface area contributed by atoms with Crippen LogP contribution in [0.5, 0.6) is 0 Å². The summed E-state index contributed by atoms with van der Waals surface area (Å²) in [5, 5.41) is 28.1. The molecule has 94 valence electrons. The average Bonchev–Trinajstić information content (AvgIpc) is 2.29.